The van der Waals surface area contributed by atoms with Gasteiger partial charge < -0.3 is 10.2 Å². The van der Waals surface area contributed by atoms with Crippen LogP contribution in [0, 0.1) is 11.3 Å². The maximum absolute atomic E-state index is 12.3. The minimum atomic E-state index is -0.409. The van der Waals surface area contributed by atoms with Crippen molar-refractivity contribution in [1.82, 2.24) is 0 Å². The van der Waals surface area contributed by atoms with Crippen LogP contribution in [0.2, 0.25) is 0 Å². The number of nitrogens with one attached hydrogen (secondary N) is 1. The molecule has 0 unspecified atom stereocenters. The van der Waals surface area contributed by atoms with E-state index in [-0.39, 0.29) is 5.57 Å². The van der Waals surface area contributed by atoms with Crippen molar-refractivity contribution < 1.29 is 4.79 Å². The third kappa shape index (κ3) is 4.95. The molecule has 0 aromatic heterocycles. The van der Waals surface area contributed by atoms with Crippen LogP contribution < -0.4 is 10.2 Å². The first kappa shape index (κ1) is 18.3. The molecule has 0 atom stereocenters. The lowest BCUT2D eigenvalue weighted by Gasteiger charge is -2.13. The molecule has 0 aliphatic carbocycles. The molecule has 0 spiro atoms. The smallest absolute Gasteiger partial charge is 0.266 e. The van der Waals surface area contributed by atoms with E-state index in [1.54, 1.807) is 6.08 Å². The lowest BCUT2D eigenvalue weighted by molar-refractivity contribution is -0.112. The SMILES string of the molecule is CC(C)c1ccc(/C=C(\C#N)C(=O)Nc2ccc(N(C)C)cc2)cc1. The number of anilines is 2. The van der Waals surface area contributed by atoms with Crippen molar-refractivity contribution in [3.8, 4) is 6.07 Å². The molecular weight excluding hydrogens is 310 g/mol. The van der Waals surface area contributed by atoms with Gasteiger partial charge in [-0.2, -0.15) is 5.26 Å². The first-order valence-electron chi connectivity index (χ1n) is 8.21. The van der Waals surface area contributed by atoms with Crippen molar-refractivity contribution in [2.75, 3.05) is 24.3 Å². The van der Waals surface area contributed by atoms with E-state index in [4.69, 9.17) is 0 Å². The second-order valence-electron chi connectivity index (χ2n) is 6.39. The van der Waals surface area contributed by atoms with Gasteiger partial charge in [0.25, 0.3) is 5.91 Å². The Hall–Kier alpha value is -3.06. The highest BCUT2D eigenvalue weighted by Gasteiger charge is 2.10. The second kappa shape index (κ2) is 8.16. The van der Waals surface area contributed by atoms with Gasteiger partial charge in [0, 0.05) is 25.5 Å². The Morgan fingerprint density at radius 1 is 1.08 bits per heavy atom. The largest absolute Gasteiger partial charge is 0.378 e. The zero-order valence-corrected chi connectivity index (χ0v) is 15.1. The molecule has 25 heavy (non-hydrogen) atoms. The molecular formula is C21H23N3O. The highest BCUT2D eigenvalue weighted by Crippen LogP contribution is 2.18. The molecule has 1 N–H and O–H groups in total. The van der Waals surface area contributed by atoms with Crippen LogP contribution in [-0.2, 0) is 4.79 Å². The van der Waals surface area contributed by atoms with Gasteiger partial charge in [0.05, 0.1) is 0 Å². The van der Waals surface area contributed by atoms with E-state index in [1.807, 2.05) is 73.6 Å². The van der Waals surface area contributed by atoms with Gasteiger partial charge in [0.2, 0.25) is 0 Å². The maximum atomic E-state index is 12.3. The third-order valence-corrected chi connectivity index (χ3v) is 3.92. The number of hydrogen-bond donors (Lipinski definition) is 1. The number of carbonyl (C=O) groups excluding carboxylic acids is 1. The predicted octanol–water partition coefficient (Wildman–Crippen LogP) is 4.42. The van der Waals surface area contributed by atoms with Crippen molar-refractivity contribution in [1.29, 1.82) is 5.26 Å². The Kier molecular flexibility index (Phi) is 5.97. The zero-order chi connectivity index (χ0) is 18.4. The second-order valence-corrected chi connectivity index (χ2v) is 6.39. The van der Waals surface area contributed by atoms with Crippen LogP contribution in [0.15, 0.2) is 54.1 Å². The zero-order valence-electron chi connectivity index (χ0n) is 15.1. The number of nitriles is 1. The van der Waals surface area contributed by atoms with Gasteiger partial charge in [0.1, 0.15) is 11.6 Å². The van der Waals surface area contributed by atoms with E-state index in [0.29, 0.717) is 11.6 Å². The molecule has 2 aromatic rings. The lowest BCUT2D eigenvalue weighted by atomic mass is 10.0. The van der Waals surface area contributed by atoms with Gasteiger partial charge in [0.15, 0.2) is 0 Å². The summed E-state index contributed by atoms with van der Waals surface area (Å²) in [5.74, 6) is 0.0370. The molecule has 0 bridgehead atoms. The van der Waals surface area contributed by atoms with Crippen molar-refractivity contribution in [3.63, 3.8) is 0 Å². The fourth-order valence-electron chi connectivity index (χ4n) is 2.33. The standard InChI is InChI=1S/C21H23N3O/c1-15(2)17-7-5-16(6-8-17)13-18(14-22)21(25)23-19-9-11-20(12-10-19)24(3)4/h5-13,15H,1-4H3,(H,23,25)/b18-13+. The molecule has 0 aliphatic heterocycles. The minimum Gasteiger partial charge on any atom is -0.378 e. The molecule has 4 nitrogen and oxygen atoms in total. The van der Waals surface area contributed by atoms with Crippen molar-refractivity contribution in [2.45, 2.75) is 19.8 Å². The van der Waals surface area contributed by atoms with Gasteiger partial charge in [-0.25, -0.2) is 0 Å². The summed E-state index contributed by atoms with van der Waals surface area (Å²) in [6, 6.07) is 17.3. The van der Waals surface area contributed by atoms with E-state index in [0.717, 1.165) is 11.3 Å². The molecule has 0 heterocycles. The summed E-state index contributed by atoms with van der Waals surface area (Å²) in [7, 11) is 3.91. The average molecular weight is 333 g/mol. The van der Waals surface area contributed by atoms with E-state index in [2.05, 4.69) is 19.2 Å². The van der Waals surface area contributed by atoms with Crippen LogP contribution >= 0.6 is 0 Å². The number of carbonyl (C=O) groups is 1. The molecule has 0 saturated carbocycles. The van der Waals surface area contributed by atoms with Crippen molar-refractivity contribution in [2.24, 2.45) is 0 Å². The molecule has 2 rings (SSSR count). The summed E-state index contributed by atoms with van der Waals surface area (Å²) < 4.78 is 0. The quantitative estimate of drug-likeness (QED) is 0.651. The van der Waals surface area contributed by atoms with E-state index < -0.39 is 5.91 Å². The first-order valence-corrected chi connectivity index (χ1v) is 8.21. The fourth-order valence-corrected chi connectivity index (χ4v) is 2.33. The number of hydrogen-bond acceptors (Lipinski definition) is 3. The Balaban J connectivity index is 2.13. The van der Waals surface area contributed by atoms with Crippen molar-refractivity contribution in [3.05, 3.63) is 65.2 Å². The summed E-state index contributed by atoms with van der Waals surface area (Å²) in [6.07, 6.45) is 1.60. The average Bonchev–Trinajstić information content (AvgIpc) is 2.60. The van der Waals surface area contributed by atoms with Crippen LogP contribution in [0.1, 0.15) is 30.9 Å². The van der Waals surface area contributed by atoms with E-state index in [9.17, 15) is 10.1 Å². The highest BCUT2D eigenvalue weighted by atomic mass is 16.1. The van der Waals surface area contributed by atoms with E-state index >= 15 is 0 Å². The molecule has 0 aliphatic rings. The molecule has 4 heteroatoms. The molecule has 2 aromatic carbocycles. The van der Waals surface area contributed by atoms with Gasteiger partial charge in [-0.05, 0) is 47.4 Å². The van der Waals surface area contributed by atoms with Crippen LogP contribution in [0.4, 0.5) is 11.4 Å². The third-order valence-electron chi connectivity index (χ3n) is 3.92. The number of amides is 1. The highest BCUT2D eigenvalue weighted by molar-refractivity contribution is 6.09. The van der Waals surface area contributed by atoms with Gasteiger partial charge in [-0.3, -0.25) is 4.79 Å². The normalized spacial score (nSPS) is 11.1. The molecule has 0 radical (unpaired) electrons. The van der Waals surface area contributed by atoms with Gasteiger partial charge in [-0.1, -0.05) is 38.1 Å². The Morgan fingerprint density at radius 2 is 1.68 bits per heavy atom. The molecule has 128 valence electrons. The summed E-state index contributed by atoms with van der Waals surface area (Å²) in [6.45, 7) is 4.25. The fraction of sp³-hybridized carbons (Fsp3) is 0.238. The maximum Gasteiger partial charge on any atom is 0.266 e. The molecule has 0 fully saturated rings. The Labute approximate surface area is 149 Å². The van der Waals surface area contributed by atoms with Crippen molar-refractivity contribution >= 4 is 23.4 Å². The summed E-state index contributed by atoms with van der Waals surface area (Å²) in [4.78, 5) is 14.3. The summed E-state index contributed by atoms with van der Waals surface area (Å²) in [5.41, 5.74) is 3.83. The molecule has 0 saturated heterocycles. The van der Waals surface area contributed by atoms with Crippen LogP contribution in [0.3, 0.4) is 0 Å². The summed E-state index contributed by atoms with van der Waals surface area (Å²) in [5, 5.41) is 12.1. The van der Waals surface area contributed by atoms with Crippen LogP contribution in [0.25, 0.3) is 6.08 Å². The van der Waals surface area contributed by atoms with Crippen LogP contribution in [0.5, 0.6) is 0 Å². The van der Waals surface area contributed by atoms with Gasteiger partial charge >= 0.3 is 0 Å². The van der Waals surface area contributed by atoms with Gasteiger partial charge in [-0.15, -0.1) is 0 Å². The van der Waals surface area contributed by atoms with Crippen LogP contribution in [-0.4, -0.2) is 20.0 Å². The summed E-state index contributed by atoms with van der Waals surface area (Å²) >= 11 is 0. The lowest BCUT2D eigenvalue weighted by Crippen LogP contribution is -2.14. The topological polar surface area (TPSA) is 56.1 Å². The molecule has 1 amide bonds. The number of benzene rings is 2. The number of rotatable bonds is 5. The monoisotopic (exact) mass is 333 g/mol. The Bertz CT molecular complexity index is 795. The number of nitrogens with zero attached hydrogens (tertiary/aromatic N) is 2. The minimum absolute atomic E-state index is 0.0778. The first-order chi connectivity index (χ1) is 11.9. The Morgan fingerprint density at radius 3 is 2.16 bits per heavy atom. The van der Waals surface area contributed by atoms with E-state index in [1.165, 1.54) is 5.56 Å². The predicted molar refractivity (Wildman–Crippen MR) is 104 cm³/mol.